The summed E-state index contributed by atoms with van der Waals surface area (Å²) in [6.07, 6.45) is 3.47. The number of amides is 1. The van der Waals surface area contributed by atoms with Crippen LogP contribution in [0.5, 0.6) is 0 Å². The lowest BCUT2D eigenvalue weighted by molar-refractivity contribution is -0.118. The van der Waals surface area contributed by atoms with E-state index in [0.29, 0.717) is 5.75 Å². The molecule has 0 aliphatic carbocycles. The third kappa shape index (κ3) is 6.10. The normalized spacial score (nSPS) is 10.3. The highest BCUT2D eigenvalue weighted by atomic mass is 32.2. The molecule has 3 heteroatoms. The van der Waals surface area contributed by atoms with Gasteiger partial charge in [-0.3, -0.25) is 4.79 Å². The van der Waals surface area contributed by atoms with E-state index >= 15 is 0 Å². The van der Waals surface area contributed by atoms with Gasteiger partial charge < -0.3 is 5.32 Å². The Hall–Kier alpha value is -0.960. The van der Waals surface area contributed by atoms with Crippen molar-refractivity contribution in [2.24, 2.45) is 0 Å². The number of unbranched alkanes of at least 4 members (excludes halogenated alkanes) is 2. The molecule has 0 unspecified atom stereocenters. The maximum atomic E-state index is 11.5. The van der Waals surface area contributed by atoms with Crippen LogP contribution in [-0.4, -0.2) is 18.2 Å². The lowest BCUT2D eigenvalue weighted by Crippen LogP contribution is -2.26. The fourth-order valence-electron chi connectivity index (χ4n) is 1.68. The predicted octanol–water partition coefficient (Wildman–Crippen LogP) is 3.53. The minimum atomic E-state index is 0.157. The zero-order valence-electron chi connectivity index (χ0n) is 11.4. The molecule has 2 nitrogen and oxygen atoms in total. The van der Waals surface area contributed by atoms with Crippen molar-refractivity contribution in [3.05, 3.63) is 35.4 Å². The summed E-state index contributed by atoms with van der Waals surface area (Å²) < 4.78 is 0. The van der Waals surface area contributed by atoms with Crippen LogP contribution in [0.15, 0.2) is 24.3 Å². The smallest absolute Gasteiger partial charge is 0.230 e. The second kappa shape index (κ2) is 9.03. The Balaban J connectivity index is 2.14. The summed E-state index contributed by atoms with van der Waals surface area (Å²) in [6.45, 7) is 5.10. The molecule has 1 aromatic rings. The fraction of sp³-hybridized carbons (Fsp3) is 0.533. The van der Waals surface area contributed by atoms with Crippen molar-refractivity contribution in [1.82, 2.24) is 5.32 Å². The topological polar surface area (TPSA) is 29.1 Å². The van der Waals surface area contributed by atoms with E-state index in [2.05, 4.69) is 31.3 Å². The van der Waals surface area contributed by atoms with Crippen molar-refractivity contribution in [2.45, 2.75) is 38.9 Å². The van der Waals surface area contributed by atoms with Crippen LogP contribution in [0.25, 0.3) is 0 Å². The maximum Gasteiger partial charge on any atom is 0.230 e. The van der Waals surface area contributed by atoms with E-state index in [1.54, 1.807) is 11.8 Å². The number of nitrogens with one attached hydrogen (secondary N) is 1. The van der Waals surface area contributed by atoms with Crippen molar-refractivity contribution in [2.75, 3.05) is 12.3 Å². The molecular formula is C15H23NOS. The number of carbonyl (C=O) groups excluding carboxylic acids is 1. The molecular weight excluding hydrogens is 242 g/mol. The van der Waals surface area contributed by atoms with Crippen molar-refractivity contribution >= 4 is 17.7 Å². The molecule has 0 fully saturated rings. The van der Waals surface area contributed by atoms with E-state index in [-0.39, 0.29) is 5.91 Å². The third-order valence-electron chi connectivity index (χ3n) is 2.85. The first-order valence-corrected chi connectivity index (χ1v) is 7.78. The van der Waals surface area contributed by atoms with Gasteiger partial charge >= 0.3 is 0 Å². The Morgan fingerprint density at radius 2 is 2.06 bits per heavy atom. The van der Waals surface area contributed by atoms with Gasteiger partial charge in [-0.25, -0.2) is 0 Å². The number of carbonyl (C=O) groups is 1. The van der Waals surface area contributed by atoms with Crippen LogP contribution in [0.3, 0.4) is 0 Å². The summed E-state index contributed by atoms with van der Waals surface area (Å²) in [6, 6.07) is 8.33. The number of aryl methyl sites for hydroxylation is 1. The lowest BCUT2D eigenvalue weighted by Gasteiger charge is -2.06. The Bertz CT molecular complexity index is 365. The molecule has 0 saturated carbocycles. The molecule has 1 N–H and O–H groups in total. The Morgan fingerprint density at radius 3 is 2.78 bits per heavy atom. The standard InChI is InChI=1S/C15H23NOS/c1-3-4-7-10-16-15(17)12-18-11-14-9-6-5-8-13(14)2/h5-6,8-9H,3-4,7,10-12H2,1-2H3,(H,16,17). The molecule has 0 spiro atoms. The highest BCUT2D eigenvalue weighted by molar-refractivity contribution is 7.99. The van der Waals surface area contributed by atoms with E-state index in [1.165, 1.54) is 24.0 Å². The van der Waals surface area contributed by atoms with Crippen LogP contribution in [-0.2, 0) is 10.5 Å². The Kier molecular flexibility index (Phi) is 7.58. The van der Waals surface area contributed by atoms with Gasteiger partial charge in [0.05, 0.1) is 5.75 Å². The lowest BCUT2D eigenvalue weighted by atomic mass is 10.1. The first-order valence-electron chi connectivity index (χ1n) is 6.63. The summed E-state index contributed by atoms with van der Waals surface area (Å²) in [5.74, 6) is 1.62. The molecule has 0 heterocycles. The van der Waals surface area contributed by atoms with Gasteiger partial charge in [0.1, 0.15) is 0 Å². The van der Waals surface area contributed by atoms with Crippen LogP contribution in [0.4, 0.5) is 0 Å². The van der Waals surface area contributed by atoms with Crippen LogP contribution in [0.2, 0.25) is 0 Å². The maximum absolute atomic E-state index is 11.5. The fourth-order valence-corrected chi connectivity index (χ4v) is 2.61. The van der Waals surface area contributed by atoms with E-state index in [0.717, 1.165) is 18.7 Å². The summed E-state index contributed by atoms with van der Waals surface area (Å²) in [7, 11) is 0. The molecule has 0 atom stereocenters. The number of benzene rings is 1. The van der Waals surface area contributed by atoms with Crippen LogP contribution < -0.4 is 5.32 Å². The van der Waals surface area contributed by atoms with E-state index in [1.807, 2.05) is 12.1 Å². The Labute approximate surface area is 115 Å². The van der Waals surface area contributed by atoms with Crippen LogP contribution in [0.1, 0.15) is 37.3 Å². The van der Waals surface area contributed by atoms with E-state index < -0.39 is 0 Å². The molecule has 0 bridgehead atoms. The largest absolute Gasteiger partial charge is 0.355 e. The van der Waals surface area contributed by atoms with Gasteiger partial charge in [-0.15, -0.1) is 11.8 Å². The summed E-state index contributed by atoms with van der Waals surface area (Å²) in [4.78, 5) is 11.5. The minimum Gasteiger partial charge on any atom is -0.355 e. The quantitative estimate of drug-likeness (QED) is 0.728. The first-order chi connectivity index (χ1) is 8.74. The predicted molar refractivity (Wildman–Crippen MR) is 79.9 cm³/mol. The zero-order chi connectivity index (χ0) is 13.2. The second-order valence-corrected chi connectivity index (χ2v) is 5.46. The third-order valence-corrected chi connectivity index (χ3v) is 3.84. The number of hydrogen-bond donors (Lipinski definition) is 1. The average Bonchev–Trinajstić information content (AvgIpc) is 2.37. The number of thioether (sulfide) groups is 1. The Morgan fingerprint density at radius 1 is 1.28 bits per heavy atom. The molecule has 18 heavy (non-hydrogen) atoms. The van der Waals surface area contributed by atoms with Gasteiger partial charge in [-0.1, -0.05) is 44.0 Å². The van der Waals surface area contributed by atoms with E-state index in [9.17, 15) is 4.79 Å². The molecule has 100 valence electrons. The van der Waals surface area contributed by atoms with Gasteiger partial charge in [0.25, 0.3) is 0 Å². The van der Waals surface area contributed by atoms with Crippen LogP contribution in [0, 0.1) is 6.92 Å². The minimum absolute atomic E-state index is 0.157. The summed E-state index contributed by atoms with van der Waals surface area (Å²) in [5, 5.41) is 2.96. The monoisotopic (exact) mass is 265 g/mol. The van der Waals surface area contributed by atoms with E-state index in [4.69, 9.17) is 0 Å². The second-order valence-electron chi connectivity index (χ2n) is 4.48. The average molecular weight is 265 g/mol. The molecule has 1 amide bonds. The SMILES string of the molecule is CCCCCNC(=O)CSCc1ccccc1C. The van der Waals surface area contributed by atoms with Gasteiger partial charge in [0.2, 0.25) is 5.91 Å². The van der Waals surface area contributed by atoms with Crippen molar-refractivity contribution in [3.8, 4) is 0 Å². The molecule has 1 aromatic carbocycles. The summed E-state index contributed by atoms with van der Waals surface area (Å²) >= 11 is 1.68. The van der Waals surface area contributed by atoms with Gasteiger partial charge in [0.15, 0.2) is 0 Å². The van der Waals surface area contributed by atoms with Gasteiger partial charge in [-0.2, -0.15) is 0 Å². The highest BCUT2D eigenvalue weighted by Gasteiger charge is 2.02. The number of hydrogen-bond acceptors (Lipinski definition) is 2. The molecule has 0 aromatic heterocycles. The molecule has 0 radical (unpaired) electrons. The molecule has 0 aliphatic heterocycles. The van der Waals surface area contributed by atoms with Crippen LogP contribution >= 0.6 is 11.8 Å². The zero-order valence-corrected chi connectivity index (χ0v) is 12.2. The molecule has 1 rings (SSSR count). The first kappa shape index (κ1) is 15.1. The van der Waals surface area contributed by atoms with Crippen molar-refractivity contribution in [3.63, 3.8) is 0 Å². The van der Waals surface area contributed by atoms with Gasteiger partial charge in [0, 0.05) is 12.3 Å². The summed E-state index contributed by atoms with van der Waals surface area (Å²) in [5.41, 5.74) is 2.62. The molecule has 0 saturated heterocycles. The van der Waals surface area contributed by atoms with Gasteiger partial charge in [-0.05, 0) is 24.5 Å². The molecule has 0 aliphatic rings. The van der Waals surface area contributed by atoms with Crippen molar-refractivity contribution < 1.29 is 4.79 Å². The van der Waals surface area contributed by atoms with Crippen molar-refractivity contribution in [1.29, 1.82) is 0 Å². The number of rotatable bonds is 8. The highest BCUT2D eigenvalue weighted by Crippen LogP contribution is 2.15.